The maximum Gasteiger partial charge on any atom is 0.327 e. The van der Waals surface area contributed by atoms with E-state index in [-0.39, 0.29) is 17.9 Å². The number of imide groups is 1. The third-order valence-corrected chi connectivity index (χ3v) is 7.40. The first-order valence-electron chi connectivity index (χ1n) is 12.4. The van der Waals surface area contributed by atoms with Crippen molar-refractivity contribution in [1.29, 1.82) is 0 Å². The summed E-state index contributed by atoms with van der Waals surface area (Å²) in [5.41, 5.74) is 1.96. The first kappa shape index (κ1) is 23.5. The fourth-order valence-electron chi connectivity index (χ4n) is 5.38. The van der Waals surface area contributed by atoms with Crippen LogP contribution >= 0.6 is 0 Å². The molecule has 0 N–H and O–H groups in total. The van der Waals surface area contributed by atoms with Crippen molar-refractivity contribution in [2.75, 3.05) is 32.7 Å². The Bertz CT molecular complexity index is 897. The third-order valence-electron chi connectivity index (χ3n) is 7.40. The first-order chi connectivity index (χ1) is 16.0. The summed E-state index contributed by atoms with van der Waals surface area (Å²) in [4.78, 5) is 32.3. The molecular formula is C28H37N3O2. The Morgan fingerprint density at radius 3 is 1.91 bits per heavy atom. The van der Waals surface area contributed by atoms with Crippen molar-refractivity contribution in [2.24, 2.45) is 5.92 Å². The van der Waals surface area contributed by atoms with Gasteiger partial charge in [-0.2, -0.15) is 0 Å². The molecule has 2 aromatic carbocycles. The Labute approximate surface area is 198 Å². The Hall–Kier alpha value is -2.66. The smallest absolute Gasteiger partial charge is 0.309 e. The Morgan fingerprint density at radius 1 is 0.879 bits per heavy atom. The number of amides is 3. The van der Waals surface area contributed by atoms with E-state index in [0.29, 0.717) is 31.8 Å². The molecule has 4 rings (SSSR count). The van der Waals surface area contributed by atoms with E-state index in [1.165, 1.54) is 16.0 Å². The van der Waals surface area contributed by atoms with Crippen LogP contribution in [0.25, 0.3) is 0 Å². The zero-order valence-electron chi connectivity index (χ0n) is 20.2. The fourth-order valence-corrected chi connectivity index (χ4v) is 5.38. The molecule has 1 spiro atoms. The first-order valence-corrected chi connectivity index (χ1v) is 12.4. The lowest BCUT2D eigenvalue weighted by molar-refractivity contribution is -0.135. The molecule has 176 valence electrons. The SMILES string of the molecule is CCN1C(=O)N(CCC(C)C)C2(CCN(CC(c3ccccc3)c3ccccc3)CC2)C1=O. The van der Waals surface area contributed by atoms with Crippen LogP contribution in [0, 0.1) is 5.92 Å². The predicted octanol–water partition coefficient (Wildman–Crippen LogP) is 4.98. The highest BCUT2D eigenvalue weighted by Gasteiger charge is 2.57. The number of piperidine rings is 1. The van der Waals surface area contributed by atoms with Crippen LogP contribution in [0.2, 0.25) is 0 Å². The lowest BCUT2D eigenvalue weighted by Gasteiger charge is -2.43. The number of carbonyl (C=O) groups is 2. The molecule has 2 aromatic rings. The number of likely N-dealkylation sites (N-methyl/N-ethyl adjacent to an activating group) is 1. The summed E-state index contributed by atoms with van der Waals surface area (Å²) in [5.74, 6) is 0.797. The minimum atomic E-state index is -0.659. The summed E-state index contributed by atoms with van der Waals surface area (Å²) < 4.78 is 0. The standard InChI is InChI=1S/C28H37N3O2/c1-4-30-26(32)28(31(27(30)33)18-15-22(2)3)16-19-29(20-17-28)21-25(23-11-7-5-8-12-23)24-13-9-6-10-14-24/h5-14,22,25H,4,15-21H2,1-3H3. The highest BCUT2D eigenvalue weighted by atomic mass is 16.2. The van der Waals surface area contributed by atoms with Crippen molar-refractivity contribution < 1.29 is 9.59 Å². The molecule has 33 heavy (non-hydrogen) atoms. The van der Waals surface area contributed by atoms with E-state index in [2.05, 4.69) is 79.4 Å². The molecule has 0 aliphatic carbocycles. The van der Waals surface area contributed by atoms with Crippen molar-refractivity contribution in [3.05, 3.63) is 71.8 Å². The van der Waals surface area contributed by atoms with Crippen LogP contribution in [0.3, 0.4) is 0 Å². The molecule has 3 amide bonds. The highest BCUT2D eigenvalue weighted by molar-refractivity contribution is 6.07. The van der Waals surface area contributed by atoms with Crippen LogP contribution in [0.5, 0.6) is 0 Å². The predicted molar refractivity (Wildman–Crippen MR) is 132 cm³/mol. The molecule has 2 fully saturated rings. The molecular weight excluding hydrogens is 410 g/mol. The summed E-state index contributed by atoms with van der Waals surface area (Å²) in [6, 6.07) is 21.2. The number of carbonyl (C=O) groups excluding carboxylic acids is 2. The van der Waals surface area contributed by atoms with E-state index >= 15 is 0 Å². The van der Waals surface area contributed by atoms with Gasteiger partial charge < -0.3 is 9.80 Å². The summed E-state index contributed by atoms with van der Waals surface area (Å²) in [7, 11) is 0. The van der Waals surface area contributed by atoms with Crippen molar-refractivity contribution in [2.45, 2.75) is 51.5 Å². The second-order valence-corrected chi connectivity index (χ2v) is 9.87. The molecule has 2 saturated heterocycles. The number of benzene rings is 2. The zero-order chi connectivity index (χ0) is 23.4. The second-order valence-electron chi connectivity index (χ2n) is 9.87. The summed E-state index contributed by atoms with van der Waals surface area (Å²) in [6.07, 6.45) is 2.34. The number of rotatable bonds is 8. The second kappa shape index (κ2) is 10.1. The fraction of sp³-hybridized carbons (Fsp3) is 0.500. The van der Waals surface area contributed by atoms with E-state index in [1.54, 1.807) is 0 Å². The topological polar surface area (TPSA) is 43.9 Å². The van der Waals surface area contributed by atoms with Crippen LogP contribution in [-0.4, -0.2) is 64.9 Å². The number of hydrogen-bond acceptors (Lipinski definition) is 3. The molecule has 0 atom stereocenters. The highest BCUT2D eigenvalue weighted by Crippen LogP contribution is 2.38. The van der Waals surface area contributed by atoms with Crippen LogP contribution < -0.4 is 0 Å². The van der Waals surface area contributed by atoms with Gasteiger partial charge in [-0.15, -0.1) is 0 Å². The van der Waals surface area contributed by atoms with E-state index in [1.807, 2.05) is 11.8 Å². The van der Waals surface area contributed by atoms with Gasteiger partial charge in [-0.05, 0) is 43.2 Å². The number of urea groups is 1. The van der Waals surface area contributed by atoms with Gasteiger partial charge in [-0.1, -0.05) is 74.5 Å². The molecule has 5 nitrogen and oxygen atoms in total. The van der Waals surface area contributed by atoms with Crippen LogP contribution in [0.15, 0.2) is 60.7 Å². The summed E-state index contributed by atoms with van der Waals surface area (Å²) in [6.45, 7) is 9.91. The van der Waals surface area contributed by atoms with Gasteiger partial charge in [0.05, 0.1) is 0 Å². The van der Waals surface area contributed by atoms with Gasteiger partial charge >= 0.3 is 6.03 Å². The van der Waals surface area contributed by atoms with Crippen LogP contribution in [0.4, 0.5) is 4.79 Å². The van der Waals surface area contributed by atoms with Gasteiger partial charge in [-0.25, -0.2) is 4.79 Å². The van der Waals surface area contributed by atoms with E-state index in [9.17, 15) is 9.59 Å². The summed E-state index contributed by atoms with van der Waals surface area (Å²) >= 11 is 0. The Kier molecular flexibility index (Phi) is 7.18. The van der Waals surface area contributed by atoms with E-state index in [0.717, 1.165) is 26.1 Å². The van der Waals surface area contributed by atoms with Crippen molar-refractivity contribution in [3.8, 4) is 0 Å². The lowest BCUT2D eigenvalue weighted by Crippen LogP contribution is -2.57. The third kappa shape index (κ3) is 4.70. The Morgan fingerprint density at radius 2 is 1.42 bits per heavy atom. The quantitative estimate of drug-likeness (QED) is 0.536. The van der Waals surface area contributed by atoms with E-state index < -0.39 is 5.54 Å². The van der Waals surface area contributed by atoms with Crippen LogP contribution in [0.1, 0.15) is 57.1 Å². The summed E-state index contributed by atoms with van der Waals surface area (Å²) in [5, 5.41) is 0. The number of likely N-dealkylation sites (tertiary alicyclic amines) is 1. The molecule has 0 bridgehead atoms. The average Bonchev–Trinajstić information content (AvgIpc) is 3.03. The molecule has 0 radical (unpaired) electrons. The van der Waals surface area contributed by atoms with Gasteiger partial charge in [0.15, 0.2) is 0 Å². The maximum absolute atomic E-state index is 13.4. The molecule has 0 unspecified atom stereocenters. The monoisotopic (exact) mass is 447 g/mol. The van der Waals surface area contributed by atoms with Crippen LogP contribution in [-0.2, 0) is 4.79 Å². The van der Waals surface area contributed by atoms with Gasteiger partial charge in [0, 0.05) is 38.6 Å². The van der Waals surface area contributed by atoms with Crippen molar-refractivity contribution in [3.63, 3.8) is 0 Å². The van der Waals surface area contributed by atoms with Gasteiger partial charge in [0.1, 0.15) is 5.54 Å². The maximum atomic E-state index is 13.4. The minimum Gasteiger partial charge on any atom is -0.309 e. The van der Waals surface area contributed by atoms with E-state index in [4.69, 9.17) is 0 Å². The minimum absolute atomic E-state index is 0.0149. The molecule has 5 heteroatoms. The Balaban J connectivity index is 1.51. The van der Waals surface area contributed by atoms with Gasteiger partial charge in [-0.3, -0.25) is 9.69 Å². The molecule has 2 aliphatic rings. The normalized spacial score (nSPS) is 18.8. The average molecular weight is 448 g/mol. The number of nitrogens with zero attached hydrogens (tertiary/aromatic N) is 3. The zero-order valence-corrected chi connectivity index (χ0v) is 20.2. The molecule has 0 saturated carbocycles. The molecule has 2 heterocycles. The lowest BCUT2D eigenvalue weighted by atomic mass is 9.84. The van der Waals surface area contributed by atoms with Gasteiger partial charge in [0.25, 0.3) is 5.91 Å². The van der Waals surface area contributed by atoms with Gasteiger partial charge in [0.2, 0.25) is 0 Å². The largest absolute Gasteiger partial charge is 0.327 e. The molecule has 2 aliphatic heterocycles. The molecule has 0 aromatic heterocycles. The number of hydrogen-bond donors (Lipinski definition) is 0. The van der Waals surface area contributed by atoms with Crippen molar-refractivity contribution in [1.82, 2.24) is 14.7 Å². The van der Waals surface area contributed by atoms with Crippen molar-refractivity contribution >= 4 is 11.9 Å².